The zero-order valence-corrected chi connectivity index (χ0v) is 13.2. The number of sulfonamides is 1. The molecule has 0 spiro atoms. The Labute approximate surface area is 123 Å². The highest BCUT2D eigenvalue weighted by molar-refractivity contribution is 7.89. The molecule has 2 rings (SSSR count). The highest BCUT2D eigenvalue weighted by Crippen LogP contribution is 2.21. The predicted molar refractivity (Wildman–Crippen MR) is 81.5 cm³/mol. The molecule has 2 aromatic rings. The Morgan fingerprint density at radius 2 is 1.90 bits per heavy atom. The summed E-state index contributed by atoms with van der Waals surface area (Å²) in [5.74, 6) is 0. The normalized spacial score (nSPS) is 13.4. The first-order chi connectivity index (χ1) is 9.41. The Bertz CT molecular complexity index is 649. The second kappa shape index (κ2) is 5.90. The van der Waals surface area contributed by atoms with E-state index >= 15 is 0 Å². The smallest absolute Gasteiger partial charge is 0.242 e. The minimum absolute atomic E-state index is 0.0811. The van der Waals surface area contributed by atoms with E-state index in [9.17, 15) is 8.42 Å². The van der Waals surface area contributed by atoms with Crippen molar-refractivity contribution in [3.63, 3.8) is 0 Å². The van der Waals surface area contributed by atoms with Gasteiger partial charge in [-0.3, -0.25) is 0 Å². The summed E-state index contributed by atoms with van der Waals surface area (Å²) in [6.45, 7) is 2.01. The SMILES string of the molecule is CC(Nc1ccc(S(=O)(=O)N(C)C)cc1)c1cscn1. The molecule has 1 aromatic heterocycles. The van der Waals surface area contributed by atoms with E-state index in [0.29, 0.717) is 0 Å². The summed E-state index contributed by atoms with van der Waals surface area (Å²) in [5.41, 5.74) is 3.63. The van der Waals surface area contributed by atoms with Crippen LogP contribution in [0.5, 0.6) is 0 Å². The topological polar surface area (TPSA) is 62.3 Å². The molecule has 108 valence electrons. The quantitative estimate of drug-likeness (QED) is 0.922. The second-order valence-electron chi connectivity index (χ2n) is 4.59. The Hall–Kier alpha value is -1.44. The zero-order valence-electron chi connectivity index (χ0n) is 11.6. The van der Waals surface area contributed by atoms with Crippen molar-refractivity contribution in [2.75, 3.05) is 19.4 Å². The van der Waals surface area contributed by atoms with Gasteiger partial charge >= 0.3 is 0 Å². The van der Waals surface area contributed by atoms with Gasteiger partial charge in [-0.2, -0.15) is 0 Å². The summed E-state index contributed by atoms with van der Waals surface area (Å²) in [5, 5.41) is 5.28. The van der Waals surface area contributed by atoms with Crippen LogP contribution in [0.2, 0.25) is 0 Å². The van der Waals surface area contributed by atoms with Gasteiger partial charge in [0, 0.05) is 25.2 Å². The molecule has 0 aliphatic heterocycles. The van der Waals surface area contributed by atoms with Crippen molar-refractivity contribution in [3.8, 4) is 0 Å². The van der Waals surface area contributed by atoms with E-state index in [1.54, 1.807) is 41.1 Å². The zero-order chi connectivity index (χ0) is 14.8. The third kappa shape index (κ3) is 3.17. The van der Waals surface area contributed by atoms with Crippen LogP contribution in [-0.4, -0.2) is 31.8 Å². The van der Waals surface area contributed by atoms with E-state index in [-0.39, 0.29) is 10.9 Å². The van der Waals surface area contributed by atoms with E-state index < -0.39 is 10.0 Å². The van der Waals surface area contributed by atoms with Crippen molar-refractivity contribution < 1.29 is 8.42 Å². The molecule has 0 amide bonds. The van der Waals surface area contributed by atoms with Crippen LogP contribution in [0.25, 0.3) is 0 Å². The van der Waals surface area contributed by atoms with E-state index in [2.05, 4.69) is 10.3 Å². The van der Waals surface area contributed by atoms with Crippen molar-refractivity contribution in [3.05, 3.63) is 40.8 Å². The lowest BCUT2D eigenvalue weighted by atomic mass is 10.2. The molecule has 1 unspecified atom stereocenters. The number of aromatic nitrogens is 1. The number of nitrogens with zero attached hydrogens (tertiary/aromatic N) is 2. The maximum atomic E-state index is 11.9. The monoisotopic (exact) mass is 311 g/mol. The number of hydrogen-bond donors (Lipinski definition) is 1. The van der Waals surface area contributed by atoms with Crippen LogP contribution in [0.1, 0.15) is 18.7 Å². The van der Waals surface area contributed by atoms with Gasteiger partial charge < -0.3 is 5.32 Å². The van der Waals surface area contributed by atoms with Gasteiger partial charge in [0.25, 0.3) is 0 Å². The van der Waals surface area contributed by atoms with Gasteiger partial charge in [0.15, 0.2) is 0 Å². The first kappa shape index (κ1) is 15.0. The summed E-state index contributed by atoms with van der Waals surface area (Å²) in [6.07, 6.45) is 0. The third-order valence-electron chi connectivity index (χ3n) is 2.91. The van der Waals surface area contributed by atoms with Gasteiger partial charge in [0.2, 0.25) is 10.0 Å². The number of anilines is 1. The lowest BCUT2D eigenvalue weighted by Gasteiger charge is -2.15. The molecule has 20 heavy (non-hydrogen) atoms. The Balaban J connectivity index is 2.13. The van der Waals surface area contributed by atoms with Crippen molar-refractivity contribution in [1.29, 1.82) is 0 Å². The Morgan fingerprint density at radius 1 is 1.25 bits per heavy atom. The number of hydrogen-bond acceptors (Lipinski definition) is 5. The van der Waals surface area contributed by atoms with Crippen molar-refractivity contribution in [1.82, 2.24) is 9.29 Å². The van der Waals surface area contributed by atoms with Gasteiger partial charge in [-0.05, 0) is 31.2 Å². The molecule has 0 radical (unpaired) electrons. The molecule has 0 bridgehead atoms. The summed E-state index contributed by atoms with van der Waals surface area (Å²) in [7, 11) is -0.331. The molecule has 0 fully saturated rings. The van der Waals surface area contributed by atoms with Crippen LogP contribution in [0.4, 0.5) is 5.69 Å². The van der Waals surface area contributed by atoms with Crippen LogP contribution >= 0.6 is 11.3 Å². The molecule has 0 saturated carbocycles. The molecule has 0 aliphatic rings. The Morgan fingerprint density at radius 3 is 2.40 bits per heavy atom. The highest BCUT2D eigenvalue weighted by atomic mass is 32.2. The van der Waals surface area contributed by atoms with E-state index in [4.69, 9.17) is 0 Å². The summed E-state index contributed by atoms with van der Waals surface area (Å²) in [4.78, 5) is 4.53. The summed E-state index contributed by atoms with van der Waals surface area (Å²) >= 11 is 1.55. The molecule has 0 saturated heterocycles. The van der Waals surface area contributed by atoms with Crippen molar-refractivity contribution >= 4 is 27.0 Å². The van der Waals surface area contributed by atoms with Crippen molar-refractivity contribution in [2.24, 2.45) is 0 Å². The minimum Gasteiger partial charge on any atom is -0.377 e. The molecule has 1 atom stereocenters. The van der Waals surface area contributed by atoms with Gasteiger partial charge in [-0.25, -0.2) is 17.7 Å². The van der Waals surface area contributed by atoms with Crippen LogP contribution < -0.4 is 5.32 Å². The second-order valence-corrected chi connectivity index (χ2v) is 7.46. The molecular formula is C13H17N3O2S2. The highest BCUT2D eigenvalue weighted by Gasteiger charge is 2.16. The maximum absolute atomic E-state index is 11.9. The van der Waals surface area contributed by atoms with Gasteiger partial charge in [0.1, 0.15) is 0 Å². The number of benzene rings is 1. The number of rotatable bonds is 5. The average Bonchev–Trinajstić information content (AvgIpc) is 2.93. The van der Waals surface area contributed by atoms with E-state index in [0.717, 1.165) is 11.4 Å². The first-order valence-corrected chi connectivity index (χ1v) is 8.47. The van der Waals surface area contributed by atoms with Gasteiger partial charge in [-0.1, -0.05) is 0 Å². The molecule has 1 N–H and O–H groups in total. The fourth-order valence-electron chi connectivity index (χ4n) is 1.69. The molecule has 1 aromatic carbocycles. The predicted octanol–water partition coefficient (Wildman–Crippen LogP) is 2.57. The van der Waals surface area contributed by atoms with E-state index in [1.807, 2.05) is 12.3 Å². The summed E-state index contributed by atoms with van der Waals surface area (Å²) < 4.78 is 25.1. The van der Waals surface area contributed by atoms with Crippen LogP contribution in [0.15, 0.2) is 40.1 Å². The van der Waals surface area contributed by atoms with Gasteiger partial charge in [0.05, 0.1) is 22.1 Å². The standard InChI is InChI=1S/C13H17N3O2S2/c1-10(13-8-19-9-14-13)15-11-4-6-12(7-5-11)20(17,18)16(2)3/h4-10,15H,1-3H3. The van der Waals surface area contributed by atoms with Crippen LogP contribution in [0, 0.1) is 0 Å². The molecular weight excluding hydrogens is 294 g/mol. The number of thiazole rings is 1. The molecule has 7 heteroatoms. The minimum atomic E-state index is -3.37. The first-order valence-electron chi connectivity index (χ1n) is 6.08. The van der Waals surface area contributed by atoms with E-state index in [1.165, 1.54) is 18.4 Å². The molecule has 1 heterocycles. The number of nitrogens with one attached hydrogen (secondary N) is 1. The lowest BCUT2D eigenvalue weighted by molar-refractivity contribution is 0.521. The van der Waals surface area contributed by atoms with Gasteiger partial charge in [-0.15, -0.1) is 11.3 Å². The Kier molecular flexibility index (Phi) is 4.42. The molecule has 0 aliphatic carbocycles. The largest absolute Gasteiger partial charge is 0.377 e. The fraction of sp³-hybridized carbons (Fsp3) is 0.308. The fourth-order valence-corrected chi connectivity index (χ4v) is 3.24. The van der Waals surface area contributed by atoms with Crippen molar-refractivity contribution in [2.45, 2.75) is 17.9 Å². The maximum Gasteiger partial charge on any atom is 0.242 e. The van der Waals surface area contributed by atoms with Crippen LogP contribution in [0.3, 0.4) is 0 Å². The lowest BCUT2D eigenvalue weighted by Crippen LogP contribution is -2.22. The third-order valence-corrected chi connectivity index (χ3v) is 5.35. The average molecular weight is 311 g/mol. The molecule has 5 nitrogen and oxygen atoms in total. The summed E-state index contributed by atoms with van der Waals surface area (Å²) in [6, 6.07) is 6.81. The van der Waals surface area contributed by atoms with Crippen LogP contribution in [-0.2, 0) is 10.0 Å².